The van der Waals surface area contributed by atoms with E-state index in [9.17, 15) is 4.79 Å². The third-order valence-electron chi connectivity index (χ3n) is 4.68. The number of nitrogens with two attached hydrogens (primary N) is 1. The summed E-state index contributed by atoms with van der Waals surface area (Å²) in [5, 5.41) is 2.13. The molecule has 0 amide bonds. The van der Waals surface area contributed by atoms with Crippen LogP contribution in [-0.4, -0.2) is 45.6 Å². The highest BCUT2D eigenvalue weighted by Gasteiger charge is 2.28. The summed E-state index contributed by atoms with van der Waals surface area (Å²) in [6, 6.07) is 8.28. The maximum atomic E-state index is 12.3. The Kier molecular flexibility index (Phi) is 3.63. The van der Waals surface area contributed by atoms with Gasteiger partial charge in [-0.3, -0.25) is 9.47 Å². The van der Waals surface area contributed by atoms with E-state index in [1.165, 1.54) is 0 Å². The van der Waals surface area contributed by atoms with E-state index < -0.39 is 0 Å². The fourth-order valence-electron chi connectivity index (χ4n) is 3.36. The summed E-state index contributed by atoms with van der Waals surface area (Å²) in [6.45, 7) is 3.64. The Bertz CT molecular complexity index is 891. The number of unbranched alkanes of at least 4 members (excludes halogenated alkanes) is 1. The molecule has 0 radical (unpaired) electrons. The molecule has 0 aliphatic carbocycles. The van der Waals surface area contributed by atoms with Crippen molar-refractivity contribution >= 4 is 21.9 Å². The molecule has 1 aliphatic heterocycles. The average molecular weight is 311 g/mol. The van der Waals surface area contributed by atoms with E-state index in [1.807, 2.05) is 24.4 Å². The molecule has 1 aromatic carbocycles. The van der Waals surface area contributed by atoms with Gasteiger partial charge in [-0.25, -0.2) is 4.79 Å². The Labute approximate surface area is 133 Å². The van der Waals surface area contributed by atoms with Crippen molar-refractivity contribution in [3.05, 3.63) is 40.9 Å². The molecule has 0 atom stereocenters. The highest BCUT2D eigenvalue weighted by molar-refractivity contribution is 6.05. The summed E-state index contributed by atoms with van der Waals surface area (Å²) < 4.78 is 1.79. The predicted octanol–water partition coefficient (Wildman–Crippen LogP) is 1.47. The van der Waals surface area contributed by atoms with E-state index in [0.29, 0.717) is 5.65 Å². The zero-order chi connectivity index (χ0) is 15.8. The van der Waals surface area contributed by atoms with Crippen LogP contribution in [0.4, 0.5) is 0 Å². The van der Waals surface area contributed by atoms with E-state index in [2.05, 4.69) is 20.9 Å². The summed E-state index contributed by atoms with van der Waals surface area (Å²) in [4.78, 5) is 22.1. The van der Waals surface area contributed by atoms with Crippen molar-refractivity contribution < 1.29 is 0 Å². The van der Waals surface area contributed by atoms with Crippen LogP contribution in [0.2, 0.25) is 0 Å². The minimum absolute atomic E-state index is 0.171. The van der Waals surface area contributed by atoms with Gasteiger partial charge in [-0.1, -0.05) is 18.2 Å². The lowest BCUT2D eigenvalue weighted by molar-refractivity contribution is 0.102. The number of H-pyrrole nitrogens is 1. The zero-order valence-corrected chi connectivity index (χ0v) is 13.0. The summed E-state index contributed by atoms with van der Waals surface area (Å²) in [7, 11) is 0. The number of likely N-dealkylation sites (tertiary alicyclic amines) is 1. The molecule has 2 aromatic heterocycles. The molecule has 3 N–H and O–H groups in total. The lowest BCUT2D eigenvalue weighted by Gasteiger charge is -2.39. The molecular weight excluding hydrogens is 290 g/mol. The van der Waals surface area contributed by atoms with Crippen molar-refractivity contribution in [2.24, 2.45) is 5.73 Å². The van der Waals surface area contributed by atoms with Gasteiger partial charge in [0.2, 0.25) is 0 Å². The monoisotopic (exact) mass is 311 g/mol. The maximum absolute atomic E-state index is 12.3. The SMILES string of the molecule is NCCCCN1CC(n2cc3c(nc2=O)[nH]c2ccccc23)C1. The number of para-hydroxylation sites is 1. The molecule has 120 valence electrons. The smallest absolute Gasteiger partial charge is 0.339 e. The molecule has 6 heteroatoms. The first-order valence-electron chi connectivity index (χ1n) is 8.18. The number of nitrogens with zero attached hydrogens (tertiary/aromatic N) is 3. The molecule has 0 bridgehead atoms. The predicted molar refractivity (Wildman–Crippen MR) is 91.6 cm³/mol. The standard InChI is InChI=1S/C17H21N5O/c18-7-3-4-8-21-9-12(10-21)22-11-14-13-5-1-2-6-15(13)19-16(14)20-17(22)23/h1-2,5-6,11-12H,3-4,7-10,18H2,(H,19,20,23). The third kappa shape index (κ3) is 2.54. The van der Waals surface area contributed by atoms with Crippen molar-refractivity contribution in [3.8, 4) is 0 Å². The summed E-state index contributed by atoms with van der Waals surface area (Å²) in [6.07, 6.45) is 4.15. The molecule has 23 heavy (non-hydrogen) atoms. The maximum Gasteiger partial charge on any atom is 0.349 e. The molecule has 0 spiro atoms. The van der Waals surface area contributed by atoms with Crippen LogP contribution in [0.25, 0.3) is 21.9 Å². The second-order valence-electron chi connectivity index (χ2n) is 6.27. The van der Waals surface area contributed by atoms with Gasteiger partial charge in [0.25, 0.3) is 0 Å². The van der Waals surface area contributed by atoms with Crippen molar-refractivity contribution in [1.29, 1.82) is 0 Å². The fourth-order valence-corrected chi connectivity index (χ4v) is 3.36. The highest BCUT2D eigenvalue weighted by atomic mass is 16.1. The fraction of sp³-hybridized carbons (Fsp3) is 0.412. The highest BCUT2D eigenvalue weighted by Crippen LogP contribution is 2.25. The Morgan fingerprint density at radius 1 is 1.22 bits per heavy atom. The van der Waals surface area contributed by atoms with Crippen LogP contribution in [0, 0.1) is 0 Å². The first-order chi connectivity index (χ1) is 11.3. The van der Waals surface area contributed by atoms with Crippen molar-refractivity contribution in [1.82, 2.24) is 19.4 Å². The number of aromatic amines is 1. The summed E-state index contributed by atoms with van der Waals surface area (Å²) in [5.74, 6) is 0. The molecule has 6 nitrogen and oxygen atoms in total. The average Bonchev–Trinajstić information content (AvgIpc) is 2.86. The van der Waals surface area contributed by atoms with Gasteiger partial charge >= 0.3 is 5.69 Å². The number of rotatable bonds is 5. The molecule has 1 aliphatic rings. The molecule has 3 aromatic rings. The van der Waals surface area contributed by atoms with Crippen molar-refractivity contribution in [2.75, 3.05) is 26.2 Å². The lowest BCUT2D eigenvalue weighted by Crippen LogP contribution is -2.50. The molecule has 0 saturated carbocycles. The minimum Gasteiger partial charge on any atom is -0.339 e. The number of fused-ring (bicyclic) bond motifs is 3. The van der Waals surface area contributed by atoms with E-state index in [4.69, 9.17) is 5.73 Å². The van der Waals surface area contributed by atoms with E-state index >= 15 is 0 Å². The van der Waals surface area contributed by atoms with Gasteiger partial charge in [-0.05, 0) is 32.0 Å². The molecule has 1 fully saturated rings. The largest absolute Gasteiger partial charge is 0.349 e. The molecule has 0 unspecified atom stereocenters. The first-order valence-corrected chi connectivity index (χ1v) is 8.18. The van der Waals surface area contributed by atoms with Gasteiger partial charge in [0.1, 0.15) is 5.65 Å². The molecule has 4 rings (SSSR count). The number of hydrogen-bond donors (Lipinski definition) is 2. The normalized spacial score (nSPS) is 16.2. The lowest BCUT2D eigenvalue weighted by atomic mass is 10.1. The summed E-state index contributed by atoms with van der Waals surface area (Å²) in [5.41, 5.74) is 7.05. The number of hydrogen-bond acceptors (Lipinski definition) is 4. The van der Waals surface area contributed by atoms with Gasteiger partial charge in [0.15, 0.2) is 0 Å². The van der Waals surface area contributed by atoms with Crippen LogP contribution >= 0.6 is 0 Å². The number of benzene rings is 1. The zero-order valence-electron chi connectivity index (χ0n) is 13.0. The number of aromatic nitrogens is 3. The minimum atomic E-state index is -0.171. The Hall–Kier alpha value is -2.18. The van der Waals surface area contributed by atoms with Crippen LogP contribution in [0.5, 0.6) is 0 Å². The van der Waals surface area contributed by atoms with Gasteiger partial charge in [0, 0.05) is 35.6 Å². The van der Waals surface area contributed by atoms with Gasteiger partial charge in [0.05, 0.1) is 6.04 Å². The Balaban J connectivity index is 1.60. The van der Waals surface area contributed by atoms with E-state index in [-0.39, 0.29) is 11.7 Å². The Morgan fingerprint density at radius 3 is 2.87 bits per heavy atom. The molecule has 3 heterocycles. The van der Waals surface area contributed by atoms with E-state index in [1.54, 1.807) is 4.57 Å². The van der Waals surface area contributed by atoms with Gasteiger partial charge < -0.3 is 10.7 Å². The first kappa shape index (κ1) is 14.4. The molecular formula is C17H21N5O. The van der Waals surface area contributed by atoms with Gasteiger partial charge in [-0.15, -0.1) is 0 Å². The molecule has 1 saturated heterocycles. The second-order valence-corrected chi connectivity index (χ2v) is 6.27. The third-order valence-corrected chi connectivity index (χ3v) is 4.68. The second kappa shape index (κ2) is 5.79. The number of nitrogens with one attached hydrogen (secondary N) is 1. The van der Waals surface area contributed by atoms with Crippen molar-refractivity contribution in [3.63, 3.8) is 0 Å². The van der Waals surface area contributed by atoms with Crippen LogP contribution in [0.3, 0.4) is 0 Å². The van der Waals surface area contributed by atoms with Crippen LogP contribution in [0.1, 0.15) is 18.9 Å². The van der Waals surface area contributed by atoms with Crippen LogP contribution < -0.4 is 11.4 Å². The van der Waals surface area contributed by atoms with E-state index in [0.717, 1.165) is 55.3 Å². The summed E-state index contributed by atoms with van der Waals surface area (Å²) >= 11 is 0. The van der Waals surface area contributed by atoms with Crippen LogP contribution in [-0.2, 0) is 0 Å². The Morgan fingerprint density at radius 2 is 2.04 bits per heavy atom. The topological polar surface area (TPSA) is 79.9 Å². The van der Waals surface area contributed by atoms with Crippen molar-refractivity contribution in [2.45, 2.75) is 18.9 Å². The van der Waals surface area contributed by atoms with Gasteiger partial charge in [-0.2, -0.15) is 4.98 Å². The van der Waals surface area contributed by atoms with Crippen LogP contribution in [0.15, 0.2) is 35.3 Å². The quantitative estimate of drug-likeness (QED) is 0.699.